The highest BCUT2D eigenvalue weighted by molar-refractivity contribution is 8.77. The Labute approximate surface area is 786 Å². The maximum absolute atomic E-state index is 15.7. The third-order valence-electron chi connectivity index (χ3n) is 20.9. The zero-order valence-electron chi connectivity index (χ0n) is 77.8. The van der Waals surface area contributed by atoms with Gasteiger partial charge in [-0.05, 0) is 182 Å². The number of aliphatic hydroxyl groups excluding tert-OH is 3. The summed E-state index contributed by atoms with van der Waals surface area (Å²) in [7, 11) is 17.0. The number of hydrogen-bond acceptors (Lipinski definition) is 32. The first-order chi connectivity index (χ1) is 59.8. The monoisotopic (exact) mass is 1980 g/mol. The topological polar surface area (TPSA) is 407 Å². The number of thiocarbonyl (C=S) groups is 1. The van der Waals surface area contributed by atoms with Crippen LogP contribution in [0, 0.1) is 33.6 Å². The van der Waals surface area contributed by atoms with Gasteiger partial charge in [0, 0.05) is 97.7 Å². The first-order valence-corrected chi connectivity index (χ1v) is 56.2. The Balaban J connectivity index is 0.0000156. The summed E-state index contributed by atoms with van der Waals surface area (Å²) in [6.07, 6.45) is -0.475. The molecule has 16 atom stereocenters. The first-order valence-electron chi connectivity index (χ1n) is 43.5. The molecule has 0 saturated carbocycles. The molecule has 11 unspecified atom stereocenters. The van der Waals surface area contributed by atoms with E-state index in [9.17, 15) is 49.2 Å². The molecule has 41 heteroatoms. The van der Waals surface area contributed by atoms with Crippen molar-refractivity contribution in [3.8, 4) is 0 Å². The van der Waals surface area contributed by atoms with Gasteiger partial charge in [0.2, 0.25) is 11.4 Å². The fraction of sp³-hybridized carbons (Fsp3) is 0.802. The molecule has 1 aliphatic heterocycles. The number of nitrogens with zero attached hydrogens (tertiary/aromatic N) is 3. The number of aliphatic carboxylic acids is 1. The number of pyridine rings is 1. The maximum Gasteiger partial charge on any atom is 0.407 e. The number of carbonyl (C=O) groups excluding carboxylic acids is 9. The number of aliphatic hydroxyl groups is 3. The second-order valence-corrected chi connectivity index (χ2v) is 54.8. The molecule has 1 fully saturated rings. The number of nitrogens with one attached hydrogen (secondary N) is 2. The Bertz CT molecular complexity index is 3480. The number of likely N-dealkylation sites (N-methyl/N-ethyl adjacent to an activating group) is 1. The molecule has 1 aromatic heterocycles. The molecule has 0 radical (unpaired) electrons. The van der Waals surface area contributed by atoms with E-state index in [1.807, 2.05) is 37.8 Å². The lowest BCUT2D eigenvalue weighted by atomic mass is 9.59. The van der Waals surface area contributed by atoms with E-state index in [2.05, 4.69) is 47.2 Å². The minimum atomic E-state index is -1.96. The van der Waals surface area contributed by atoms with Crippen molar-refractivity contribution in [3.63, 3.8) is 0 Å². The third kappa shape index (κ3) is 50.3. The van der Waals surface area contributed by atoms with Crippen LogP contribution in [0.3, 0.4) is 0 Å². The molecule has 1 saturated heterocycles. The highest BCUT2D eigenvalue weighted by atomic mass is 33.1. The maximum atomic E-state index is 15.7. The summed E-state index contributed by atoms with van der Waals surface area (Å²) in [4.78, 5) is 152. The predicted octanol–water partition coefficient (Wildman–Crippen LogP) is 14.8. The number of Topliss-reactive ketones (excluding diaryl/α,β-unsaturated/α-hetero) is 2. The number of ether oxygens (including phenoxy) is 12. The molecular weight excluding hydrogens is 1830 g/mol. The van der Waals surface area contributed by atoms with Gasteiger partial charge >= 0.3 is 41.9 Å². The van der Waals surface area contributed by atoms with Gasteiger partial charge in [-0.2, -0.15) is 0 Å². The van der Waals surface area contributed by atoms with Crippen LogP contribution < -0.4 is 10.6 Å². The number of alkyl carbamates (subject to hydrolysis) is 1. The summed E-state index contributed by atoms with van der Waals surface area (Å²) in [5.41, 5.74) is -11.1. The van der Waals surface area contributed by atoms with Crippen molar-refractivity contribution in [1.29, 1.82) is 0 Å². The van der Waals surface area contributed by atoms with Crippen molar-refractivity contribution in [3.05, 3.63) is 35.8 Å². The summed E-state index contributed by atoms with van der Waals surface area (Å²) in [5.74, 6) is -4.81. The van der Waals surface area contributed by atoms with Gasteiger partial charge in [-0.25, -0.2) is 16.4 Å². The molecule has 0 bridgehead atoms. The van der Waals surface area contributed by atoms with Gasteiger partial charge in [0.25, 0.3) is 0 Å². The molecule has 2 heterocycles. The number of carboxylic acids is 1. The summed E-state index contributed by atoms with van der Waals surface area (Å²) in [6, 6.07) is 4.42. The van der Waals surface area contributed by atoms with Crippen molar-refractivity contribution in [2.45, 2.75) is 283 Å². The molecule has 2 amide bonds. The van der Waals surface area contributed by atoms with E-state index in [1.165, 1.54) is 54.3 Å². The SMILES string of the molecule is PPP(P)P.[C-]#[N+]C(C)(CCC(=O)CCCOCCOCCC(=O)CCCCCCO[C@@H]1O[C@H](CO)[C@H](O)[C@H](O)[C@H]1NC(C)=O)CC(C)(CC(C)(CC(C)(CC(C)(CCC(C)(CCC(CCC)(SC(=S)SCC)C(=O)O)C(=O)OCCCC)C(=O)OCCN(C)C)C(=O)OCCOC)C(=O)OCCOCCNC(=O)OC(C)(C)C)C(=O)OCCSSc1ccccn1. The van der Waals surface area contributed by atoms with Crippen molar-refractivity contribution >= 4 is 162 Å². The van der Waals surface area contributed by atoms with Crippen molar-refractivity contribution in [1.82, 2.24) is 20.5 Å². The molecule has 730 valence electrons. The van der Waals surface area contributed by atoms with Crippen LogP contribution in [0.2, 0.25) is 0 Å². The van der Waals surface area contributed by atoms with Crippen molar-refractivity contribution in [2.24, 2.45) is 27.1 Å². The Kier molecular flexibility index (Phi) is 62.8. The number of carbonyl (C=O) groups is 10. The van der Waals surface area contributed by atoms with Crippen molar-refractivity contribution < 1.29 is 125 Å². The van der Waals surface area contributed by atoms with E-state index < -0.39 is 147 Å². The average molecular weight is 1990 g/mol. The molecule has 0 spiro atoms. The number of aromatic nitrogens is 1. The molecular formula is C86H150N5O26P5S5. The van der Waals surface area contributed by atoms with Crippen LogP contribution in [0.4, 0.5) is 4.79 Å². The smallest absolute Gasteiger partial charge is 0.407 e. The molecule has 127 heavy (non-hydrogen) atoms. The summed E-state index contributed by atoms with van der Waals surface area (Å²) in [6.45, 7) is 30.4. The molecule has 31 nitrogen and oxygen atoms in total. The van der Waals surface area contributed by atoms with E-state index in [4.69, 9.17) is 75.6 Å². The van der Waals surface area contributed by atoms with Crippen LogP contribution in [-0.4, -0.2) is 278 Å². The van der Waals surface area contributed by atoms with Gasteiger partial charge < -0.3 is 97.6 Å². The van der Waals surface area contributed by atoms with Gasteiger partial charge in [-0.1, -0.05) is 95.3 Å². The number of carboxylic acid groups (broad SMARTS) is 1. The second kappa shape index (κ2) is 65.5. The normalized spacial score (nSPS) is 18.6. The van der Waals surface area contributed by atoms with Gasteiger partial charge in [0.15, 0.2) is 6.29 Å². The number of esters is 5. The predicted molar refractivity (Wildman–Crippen MR) is 517 cm³/mol. The first kappa shape index (κ1) is 122. The van der Waals surface area contributed by atoms with Crippen LogP contribution in [0.25, 0.3) is 4.85 Å². The zero-order valence-corrected chi connectivity index (χ0v) is 87.3. The summed E-state index contributed by atoms with van der Waals surface area (Å²) < 4.78 is 68.8. The number of hydrogen-bond donors (Lipinski definition) is 6. The number of rotatable bonds is 68. The van der Waals surface area contributed by atoms with E-state index in [1.54, 1.807) is 81.7 Å². The van der Waals surface area contributed by atoms with Crippen molar-refractivity contribution in [2.75, 3.05) is 138 Å². The highest BCUT2D eigenvalue weighted by Crippen LogP contribution is 2.71. The highest BCUT2D eigenvalue weighted by Gasteiger charge is 2.58. The van der Waals surface area contributed by atoms with E-state index >= 15 is 19.2 Å². The van der Waals surface area contributed by atoms with Crippen LogP contribution in [0.1, 0.15) is 231 Å². The van der Waals surface area contributed by atoms with Crippen LogP contribution in [-0.2, 0) is 100.0 Å². The van der Waals surface area contributed by atoms with Gasteiger partial charge in [-0.15, -0.1) is 38.5 Å². The second-order valence-electron chi connectivity index (χ2n) is 34.6. The standard InChI is InChI=1S/C86H143N5O26S5.H7P5/c1-18-21-44-111-72(100)80(8,38-39-86(34-19-2,71(98)99)121-78(118)119-20-3)36-37-81(9,73(101)112-48-42-91(15)16)58-82(10,74(102)113-53-49-106-17)59-83(11,75(103)114-54-52-109-47-41-89-77(105)117-79(5,6)7)60-84(12,76(104)115-55-56-120-122-66-31-25-26-40-88-66)61-85(13,87-14)35-32-63(94)30-28-43-107-50-51-108-46-33-64(95)29-24-22-23-27-45-110-70-67(90-62(4)93)69(97)68(96)65(57-92)116-70;1-4-5(2)3/h25-26,31,40,65,67-70,92,96-97H,18-24,27-30,32-39,41-61H2,1-13,15-17H3,(H,89,105)(H,90,93)(H,98,99);4H,1-3H2/t65-,67-,68+,69-,70-,80?,81?,82?,83?,84?,85?,86?;/m1./s1. The average Bonchev–Trinajstić information content (AvgIpc) is 0.758. The molecule has 6 N–H and O–H groups in total. The van der Waals surface area contributed by atoms with Crippen LogP contribution in [0.15, 0.2) is 29.4 Å². The zero-order chi connectivity index (χ0) is 95.9. The van der Waals surface area contributed by atoms with Gasteiger partial charge in [-0.3, -0.25) is 43.2 Å². The van der Waals surface area contributed by atoms with Crippen LogP contribution in [0.5, 0.6) is 0 Å². The van der Waals surface area contributed by atoms with E-state index in [0.29, 0.717) is 65.8 Å². The number of unbranched alkanes of at least 4 members (excludes halogenated alkanes) is 4. The lowest BCUT2D eigenvalue weighted by Gasteiger charge is -2.44. The molecule has 0 aromatic carbocycles. The summed E-state index contributed by atoms with van der Waals surface area (Å²) >= 11 is 8.13. The summed E-state index contributed by atoms with van der Waals surface area (Å²) in [5, 5.41) is 47.2. The molecule has 1 aromatic rings. The third-order valence-corrected chi connectivity index (χ3v) is 38.0. The van der Waals surface area contributed by atoms with E-state index in [-0.39, 0.29) is 181 Å². The fourth-order valence-corrected chi connectivity index (χ4v) is 19.2. The molecule has 2 rings (SSSR count). The van der Waals surface area contributed by atoms with E-state index in [0.717, 1.165) is 32.6 Å². The molecule has 0 aliphatic carbocycles. The quantitative estimate of drug-likeness (QED) is 0.00671. The Hall–Kier alpha value is -3.22. The largest absolute Gasteiger partial charge is 0.480 e. The lowest BCUT2D eigenvalue weighted by molar-refractivity contribution is -0.270. The van der Waals surface area contributed by atoms with Crippen LogP contribution >= 0.6 is 99.1 Å². The Morgan fingerprint density at radius 3 is 1.74 bits per heavy atom. The molecule has 1 aliphatic rings. The Morgan fingerprint density at radius 1 is 0.630 bits per heavy atom. The lowest BCUT2D eigenvalue weighted by Crippen LogP contribution is -2.64. The number of amides is 2. The Morgan fingerprint density at radius 2 is 1.17 bits per heavy atom. The minimum absolute atomic E-state index is 0.0182. The van der Waals surface area contributed by atoms with Gasteiger partial charge in [0.1, 0.15) is 81.3 Å². The number of methoxy groups -OCH3 is 1. The number of ketones is 2. The minimum Gasteiger partial charge on any atom is -0.480 e. The van der Waals surface area contributed by atoms with Gasteiger partial charge in [0.05, 0.1) is 79.9 Å². The fourth-order valence-electron chi connectivity index (χ4n) is 14.4. The number of thioether (sulfide) groups is 2.